The van der Waals surface area contributed by atoms with Crippen molar-refractivity contribution < 1.29 is 9.59 Å². The van der Waals surface area contributed by atoms with Gasteiger partial charge in [0.05, 0.1) is 26.4 Å². The van der Waals surface area contributed by atoms with E-state index in [-0.39, 0.29) is 22.4 Å². The fourth-order valence-corrected chi connectivity index (χ4v) is 5.05. The predicted octanol–water partition coefficient (Wildman–Crippen LogP) is 5.19. The number of aromatic nitrogens is 1. The molecule has 1 N–H and O–H groups in total. The van der Waals surface area contributed by atoms with Crippen LogP contribution in [0.2, 0.25) is 9.36 Å². The second-order valence-corrected chi connectivity index (χ2v) is 9.18. The number of rotatable bonds is 5. The lowest BCUT2D eigenvalue weighted by Gasteiger charge is -2.28. The van der Waals surface area contributed by atoms with Crippen molar-refractivity contribution in [2.45, 2.75) is 11.3 Å². The van der Waals surface area contributed by atoms with Crippen molar-refractivity contribution in [2.24, 2.45) is 0 Å². The van der Waals surface area contributed by atoms with Gasteiger partial charge in [-0.1, -0.05) is 35.3 Å². The summed E-state index contributed by atoms with van der Waals surface area (Å²) in [6, 6.07) is 11.1. The number of halogens is 2. The lowest BCUT2D eigenvalue weighted by Crippen LogP contribution is -2.32. The number of nitrogens with one attached hydrogen (secondary N) is 1. The molecule has 1 aliphatic heterocycles. The maximum Gasteiger partial charge on any atom is 0.253 e. The van der Waals surface area contributed by atoms with Crippen molar-refractivity contribution in [3.63, 3.8) is 0 Å². The zero-order valence-electron chi connectivity index (χ0n) is 15.0. The van der Waals surface area contributed by atoms with Crippen LogP contribution in [0.5, 0.6) is 0 Å². The van der Waals surface area contributed by atoms with Gasteiger partial charge >= 0.3 is 0 Å². The number of thioether (sulfide) groups is 1. The van der Waals surface area contributed by atoms with Gasteiger partial charge in [-0.2, -0.15) is 0 Å². The second kappa shape index (κ2) is 8.75. The van der Waals surface area contributed by atoms with Gasteiger partial charge in [0.2, 0.25) is 5.91 Å². The monoisotopic (exact) mass is 463 g/mol. The van der Waals surface area contributed by atoms with Crippen LogP contribution in [0.3, 0.4) is 0 Å². The molecule has 3 heterocycles. The molecule has 0 aliphatic carbocycles. The van der Waals surface area contributed by atoms with E-state index in [1.807, 2.05) is 35.7 Å². The minimum absolute atomic E-state index is 0.0954. The smallest absolute Gasteiger partial charge is 0.253 e. The molecular weight excluding hydrogens is 449 g/mol. The van der Waals surface area contributed by atoms with E-state index in [1.165, 1.54) is 34.2 Å². The molecule has 9 heteroatoms. The van der Waals surface area contributed by atoms with Crippen LogP contribution in [0, 0.1) is 0 Å². The third kappa shape index (κ3) is 4.28. The number of pyridine rings is 1. The largest absolute Gasteiger partial charge is 0.352 e. The van der Waals surface area contributed by atoms with Crippen molar-refractivity contribution in [1.29, 1.82) is 0 Å². The Labute approximate surface area is 186 Å². The summed E-state index contributed by atoms with van der Waals surface area (Å²) < 4.78 is 0.726. The summed E-state index contributed by atoms with van der Waals surface area (Å²) in [7, 11) is 0. The Kier molecular flexibility index (Phi) is 6.10. The van der Waals surface area contributed by atoms with Crippen molar-refractivity contribution >= 4 is 69.6 Å². The van der Waals surface area contributed by atoms with Gasteiger partial charge in [-0.25, -0.2) is 4.98 Å². The van der Waals surface area contributed by atoms with Crippen LogP contribution in [0.1, 0.15) is 15.9 Å². The number of benzene rings is 1. The minimum atomic E-state index is -0.322. The molecule has 0 bridgehead atoms. The number of fused-ring (bicyclic) bond motifs is 1. The zero-order chi connectivity index (χ0) is 20.4. The van der Waals surface area contributed by atoms with Crippen LogP contribution >= 0.6 is 46.3 Å². The highest BCUT2D eigenvalue weighted by Crippen LogP contribution is 2.39. The standard InChI is InChI=1S/C20H15Cl2N3O2S2/c21-14-10-24-17(25-15-3-1-2-4-16(15)29-11-18(25)26)9-13(14)20(27)23-7-5-12-6-8-28-19(12)22/h1-4,6,8-10H,5,7,11H2,(H,23,27). The molecule has 2 amide bonds. The van der Waals surface area contributed by atoms with E-state index in [0.29, 0.717) is 24.5 Å². The van der Waals surface area contributed by atoms with E-state index >= 15 is 0 Å². The first-order valence-electron chi connectivity index (χ1n) is 8.75. The van der Waals surface area contributed by atoms with E-state index in [0.717, 1.165) is 20.5 Å². The van der Waals surface area contributed by atoms with Crippen molar-refractivity contribution in [3.8, 4) is 0 Å². The van der Waals surface area contributed by atoms with Gasteiger partial charge in [0.25, 0.3) is 5.91 Å². The number of hydrogen-bond acceptors (Lipinski definition) is 5. The first-order chi connectivity index (χ1) is 14.0. The molecule has 4 rings (SSSR count). The Balaban J connectivity index is 1.55. The molecule has 0 fully saturated rings. The Morgan fingerprint density at radius 2 is 2.07 bits per heavy atom. The number of anilines is 2. The number of hydrogen-bond donors (Lipinski definition) is 1. The third-order valence-corrected chi connectivity index (χ3v) is 6.99. The first-order valence-corrected chi connectivity index (χ1v) is 11.4. The Hall–Kier alpha value is -2.06. The number of thiophene rings is 1. The third-order valence-electron chi connectivity index (χ3n) is 4.39. The fraction of sp³-hybridized carbons (Fsp3) is 0.150. The van der Waals surface area contributed by atoms with Gasteiger partial charge < -0.3 is 5.32 Å². The molecule has 1 aliphatic rings. The average Bonchev–Trinajstić information content (AvgIpc) is 3.13. The summed E-state index contributed by atoms with van der Waals surface area (Å²) in [6.07, 6.45) is 2.03. The van der Waals surface area contributed by atoms with E-state index in [4.69, 9.17) is 23.2 Å². The van der Waals surface area contributed by atoms with Gasteiger partial charge in [0.1, 0.15) is 5.82 Å². The molecule has 0 unspecified atom stereocenters. The van der Waals surface area contributed by atoms with Crippen LogP contribution in [0.15, 0.2) is 52.9 Å². The minimum Gasteiger partial charge on any atom is -0.352 e. The molecule has 29 heavy (non-hydrogen) atoms. The lowest BCUT2D eigenvalue weighted by molar-refractivity contribution is -0.115. The van der Waals surface area contributed by atoms with Gasteiger partial charge in [0.15, 0.2) is 0 Å². The van der Waals surface area contributed by atoms with Crippen molar-refractivity contribution in [3.05, 3.63) is 68.5 Å². The van der Waals surface area contributed by atoms with E-state index in [9.17, 15) is 9.59 Å². The highest BCUT2D eigenvalue weighted by Gasteiger charge is 2.27. The maximum absolute atomic E-state index is 12.7. The van der Waals surface area contributed by atoms with Gasteiger partial charge in [-0.15, -0.1) is 23.1 Å². The number of para-hydroxylation sites is 1. The highest BCUT2D eigenvalue weighted by molar-refractivity contribution is 8.00. The molecule has 3 aromatic rings. The number of amides is 2. The Morgan fingerprint density at radius 1 is 1.24 bits per heavy atom. The fourth-order valence-electron chi connectivity index (χ4n) is 2.98. The molecule has 1 aromatic carbocycles. The van der Waals surface area contributed by atoms with Crippen LogP contribution in [-0.4, -0.2) is 29.1 Å². The highest BCUT2D eigenvalue weighted by atomic mass is 35.5. The molecule has 5 nitrogen and oxygen atoms in total. The van der Waals surface area contributed by atoms with Crippen LogP contribution in [-0.2, 0) is 11.2 Å². The molecule has 148 valence electrons. The normalized spacial score (nSPS) is 13.3. The van der Waals surface area contributed by atoms with Crippen LogP contribution in [0.25, 0.3) is 0 Å². The Bertz CT molecular complexity index is 1090. The topological polar surface area (TPSA) is 62.3 Å². The van der Waals surface area contributed by atoms with Crippen molar-refractivity contribution in [2.75, 3.05) is 17.2 Å². The second-order valence-electron chi connectivity index (χ2n) is 6.23. The molecular formula is C20H15Cl2N3O2S2. The number of carbonyl (C=O) groups excluding carboxylic acids is 2. The SMILES string of the molecule is O=C(NCCc1ccsc1Cl)c1cc(N2C(=O)CSc3ccccc32)ncc1Cl. The van der Waals surface area contributed by atoms with E-state index < -0.39 is 0 Å². The van der Waals surface area contributed by atoms with E-state index in [2.05, 4.69) is 10.3 Å². The summed E-state index contributed by atoms with van der Waals surface area (Å²) in [5, 5.41) is 5.00. The molecule has 0 saturated heterocycles. The molecule has 0 saturated carbocycles. The molecule has 0 spiro atoms. The number of nitrogens with zero attached hydrogens (tertiary/aromatic N) is 2. The van der Waals surface area contributed by atoms with Crippen molar-refractivity contribution in [1.82, 2.24) is 10.3 Å². The maximum atomic E-state index is 12.7. The lowest BCUT2D eigenvalue weighted by atomic mass is 10.2. The molecule has 0 atom stereocenters. The summed E-state index contributed by atoms with van der Waals surface area (Å²) in [5.74, 6) is 0.266. The van der Waals surface area contributed by atoms with Gasteiger partial charge in [-0.05, 0) is 41.6 Å². The number of carbonyl (C=O) groups is 2. The summed E-state index contributed by atoms with van der Waals surface area (Å²) in [6.45, 7) is 0.422. The molecule has 2 aromatic heterocycles. The average molecular weight is 464 g/mol. The summed E-state index contributed by atoms with van der Waals surface area (Å²) in [5.41, 5.74) is 2.02. The quantitative estimate of drug-likeness (QED) is 0.565. The van der Waals surface area contributed by atoms with Crippen LogP contribution in [0.4, 0.5) is 11.5 Å². The zero-order valence-corrected chi connectivity index (χ0v) is 18.2. The molecule has 0 radical (unpaired) electrons. The summed E-state index contributed by atoms with van der Waals surface area (Å²) >= 11 is 15.3. The summed E-state index contributed by atoms with van der Waals surface area (Å²) in [4.78, 5) is 32.1. The van der Waals surface area contributed by atoms with Gasteiger partial charge in [0, 0.05) is 17.6 Å². The van der Waals surface area contributed by atoms with E-state index in [1.54, 1.807) is 6.07 Å². The van der Waals surface area contributed by atoms with Gasteiger partial charge in [-0.3, -0.25) is 14.5 Å². The predicted molar refractivity (Wildman–Crippen MR) is 119 cm³/mol. The Morgan fingerprint density at radius 3 is 2.86 bits per heavy atom. The van der Waals surface area contributed by atoms with Crippen LogP contribution < -0.4 is 10.2 Å². The first kappa shape index (κ1) is 20.2.